The first-order valence-electron chi connectivity index (χ1n) is 17.9. The Morgan fingerprint density at radius 2 is 0.942 bits per heavy atom. The first-order chi connectivity index (χ1) is 25.5. The van der Waals surface area contributed by atoms with E-state index in [1.54, 1.807) is 0 Å². The van der Waals surface area contributed by atoms with Crippen molar-refractivity contribution in [2.45, 2.75) is 19.3 Å². The Hall–Kier alpha value is -5.86. The van der Waals surface area contributed by atoms with Gasteiger partial charge in [-0.2, -0.15) is 0 Å². The molecule has 1 aliphatic rings. The van der Waals surface area contributed by atoms with Crippen LogP contribution in [0.1, 0.15) is 25.0 Å². The van der Waals surface area contributed by atoms with Gasteiger partial charge in [0.25, 0.3) is 0 Å². The average molecular weight is 732 g/mol. The molecule has 0 fully saturated rings. The maximum atomic E-state index is 2.41. The van der Waals surface area contributed by atoms with Gasteiger partial charge in [-0.1, -0.05) is 62.4 Å². The first-order valence-corrected chi connectivity index (χ1v) is 19.6. The van der Waals surface area contributed by atoms with Gasteiger partial charge >= 0.3 is 222 Å². The molecule has 0 spiro atoms. The molecule has 2 nitrogen and oxygen atoms in total. The molecule has 1 aliphatic carbocycles. The number of benzene rings is 8. The second-order valence-electron chi connectivity index (χ2n) is 14.2. The predicted octanol–water partition coefficient (Wildman–Crippen LogP) is 13.4. The molecule has 0 atom stereocenters. The summed E-state index contributed by atoms with van der Waals surface area (Å²) < 4.78 is 2.97. The van der Waals surface area contributed by atoms with Gasteiger partial charge in [-0.25, -0.2) is 0 Å². The van der Waals surface area contributed by atoms with Crippen LogP contribution in [0.15, 0.2) is 182 Å². The molecule has 0 saturated heterocycles. The van der Waals surface area contributed by atoms with Gasteiger partial charge in [0.15, 0.2) is 0 Å². The molecule has 52 heavy (non-hydrogen) atoms. The quantitative estimate of drug-likeness (QED) is 0.157. The third kappa shape index (κ3) is 4.93. The molecule has 0 saturated carbocycles. The zero-order chi connectivity index (χ0) is 34.8. The zero-order valence-corrected chi connectivity index (χ0v) is 30.8. The minimum Gasteiger partial charge on any atom is -0.0280 e. The van der Waals surface area contributed by atoms with E-state index in [9.17, 15) is 0 Å². The fourth-order valence-electron chi connectivity index (χ4n) is 8.29. The summed E-state index contributed by atoms with van der Waals surface area (Å²) in [7, 11) is 0. The van der Waals surface area contributed by atoms with Crippen molar-refractivity contribution in [1.29, 1.82) is 0 Å². The second kappa shape index (κ2) is 12.1. The minimum atomic E-state index is -0.0869. The van der Waals surface area contributed by atoms with Gasteiger partial charge in [-0.15, -0.1) is 0 Å². The number of hydrogen-bond acceptors (Lipinski definition) is 2. The zero-order valence-electron chi connectivity index (χ0n) is 29.1. The Morgan fingerprint density at radius 3 is 1.69 bits per heavy atom. The van der Waals surface area contributed by atoms with Crippen molar-refractivity contribution >= 4 is 78.7 Å². The number of rotatable bonds is 6. The number of hydrogen-bond donors (Lipinski definition) is 0. The van der Waals surface area contributed by atoms with Gasteiger partial charge < -0.3 is 0 Å². The van der Waals surface area contributed by atoms with Crippen LogP contribution in [0, 0.1) is 0 Å². The summed E-state index contributed by atoms with van der Waals surface area (Å²) in [5.74, 6) is 0. The van der Waals surface area contributed by atoms with Gasteiger partial charge in [-0.05, 0) is 22.3 Å². The van der Waals surface area contributed by atoms with E-state index in [1.165, 1.54) is 52.3 Å². The van der Waals surface area contributed by atoms with E-state index < -0.39 is 0 Å². The van der Waals surface area contributed by atoms with Crippen LogP contribution in [0.2, 0.25) is 0 Å². The summed E-state index contributed by atoms with van der Waals surface area (Å²) in [5, 5.41) is 5.42. The molecular weight excluding hydrogens is 696 g/mol. The summed E-state index contributed by atoms with van der Waals surface area (Å²) in [5.41, 5.74) is 12.1. The van der Waals surface area contributed by atoms with Crippen LogP contribution < -0.4 is 9.80 Å². The molecule has 0 aliphatic heterocycles. The number of para-hydroxylation sites is 2. The fourth-order valence-corrected chi connectivity index (χ4v) is 10.9. The van der Waals surface area contributed by atoms with Crippen molar-refractivity contribution in [2.75, 3.05) is 9.80 Å². The molecule has 1 aromatic heterocycles. The van der Waals surface area contributed by atoms with Crippen LogP contribution in [-0.4, -0.2) is 14.5 Å². The number of anilines is 6. The molecule has 0 N–H and O–H groups in total. The smallest absolute Gasteiger partial charge is 0.0280 e. The Kier molecular flexibility index (Phi) is 7.21. The number of nitrogens with zero attached hydrogens (tertiary/aromatic N) is 2. The van der Waals surface area contributed by atoms with Crippen molar-refractivity contribution in [2.24, 2.45) is 0 Å². The Balaban J connectivity index is 1.12. The van der Waals surface area contributed by atoms with Crippen molar-refractivity contribution in [1.82, 2.24) is 0 Å². The van der Waals surface area contributed by atoms with Crippen LogP contribution in [0.4, 0.5) is 34.1 Å². The van der Waals surface area contributed by atoms with E-state index in [2.05, 4.69) is 206 Å². The molecule has 0 radical (unpaired) electrons. The van der Waals surface area contributed by atoms with Crippen LogP contribution in [0.25, 0.3) is 41.2 Å². The molecule has 0 unspecified atom stereocenters. The predicted molar refractivity (Wildman–Crippen MR) is 223 cm³/mol. The van der Waals surface area contributed by atoms with E-state index in [-0.39, 0.29) is 5.41 Å². The summed E-state index contributed by atoms with van der Waals surface area (Å²) in [6, 6.07) is 66.9. The molecule has 248 valence electrons. The van der Waals surface area contributed by atoms with Gasteiger partial charge in [-0.3, -0.25) is 0 Å². The van der Waals surface area contributed by atoms with Gasteiger partial charge in [0.2, 0.25) is 0 Å². The second-order valence-corrected chi connectivity index (χ2v) is 16.4. The third-order valence-electron chi connectivity index (χ3n) is 10.8. The Labute approximate surface area is 310 Å². The SMILES string of the molecule is CC1(C)c2ccccc2-c2ccc(N(c3ccccc3)c3cccc(N(c4ccccc4)c4ccc5c(ccc6c7ccccc7[se]c56)c4)c3)cc21. The molecule has 9 aromatic rings. The van der Waals surface area contributed by atoms with Gasteiger partial charge in [0.05, 0.1) is 0 Å². The summed E-state index contributed by atoms with van der Waals surface area (Å²) >= 11 is 0.302. The number of fused-ring (bicyclic) bond motifs is 8. The van der Waals surface area contributed by atoms with Gasteiger partial charge in [0.1, 0.15) is 0 Å². The molecule has 8 aromatic carbocycles. The normalized spacial score (nSPS) is 13.0. The molecule has 1 heterocycles. The summed E-state index contributed by atoms with van der Waals surface area (Å²) in [6.07, 6.45) is 0. The van der Waals surface area contributed by atoms with Crippen molar-refractivity contribution in [3.05, 3.63) is 193 Å². The first kappa shape index (κ1) is 30.9. The van der Waals surface area contributed by atoms with Crippen LogP contribution >= 0.6 is 0 Å². The molecular formula is C49H36N2Se. The van der Waals surface area contributed by atoms with E-state index in [0.29, 0.717) is 14.5 Å². The molecule has 10 rings (SSSR count). The van der Waals surface area contributed by atoms with Crippen LogP contribution in [-0.2, 0) is 5.41 Å². The van der Waals surface area contributed by atoms with E-state index >= 15 is 0 Å². The average Bonchev–Trinajstić information content (AvgIpc) is 3.68. The monoisotopic (exact) mass is 732 g/mol. The summed E-state index contributed by atoms with van der Waals surface area (Å²) in [4.78, 5) is 4.79. The van der Waals surface area contributed by atoms with Crippen molar-refractivity contribution in [3.8, 4) is 11.1 Å². The van der Waals surface area contributed by atoms with Crippen molar-refractivity contribution in [3.63, 3.8) is 0 Å². The molecule has 0 bridgehead atoms. The molecule has 0 amide bonds. The van der Waals surface area contributed by atoms with Gasteiger partial charge in [0, 0.05) is 5.41 Å². The maximum absolute atomic E-state index is 2.41. The Bertz CT molecular complexity index is 2780. The third-order valence-corrected chi connectivity index (χ3v) is 13.4. The van der Waals surface area contributed by atoms with Crippen molar-refractivity contribution < 1.29 is 0 Å². The van der Waals surface area contributed by atoms with Crippen LogP contribution in [0.5, 0.6) is 0 Å². The van der Waals surface area contributed by atoms with E-state index in [0.717, 1.165) is 34.1 Å². The Morgan fingerprint density at radius 1 is 0.385 bits per heavy atom. The topological polar surface area (TPSA) is 6.48 Å². The minimum absolute atomic E-state index is 0.0869. The fraction of sp³-hybridized carbons (Fsp3) is 0.0612. The van der Waals surface area contributed by atoms with E-state index in [1.807, 2.05) is 0 Å². The van der Waals surface area contributed by atoms with E-state index in [4.69, 9.17) is 0 Å². The molecule has 3 heteroatoms. The summed E-state index contributed by atoms with van der Waals surface area (Å²) in [6.45, 7) is 4.70. The van der Waals surface area contributed by atoms with Crippen LogP contribution in [0.3, 0.4) is 0 Å². The standard InChI is InChI=1S/C49H36N2Se/c1-49(2)45-22-11-9-20-41(45)42-29-26-39(32-46(42)49)51(35-16-7-4-8-17-35)37-19-13-18-36(31-37)50(34-14-5-3-6-15-34)38-25-28-40-33(30-38)24-27-44-43-21-10-12-23-47(43)52-48(40)44/h3-32H,1-2H3.